The molecule has 0 unspecified atom stereocenters. The van der Waals surface area contributed by atoms with Gasteiger partial charge in [-0.3, -0.25) is 10.1 Å². The highest BCUT2D eigenvalue weighted by Crippen LogP contribution is 2.38. The molecule has 0 aliphatic carbocycles. The van der Waals surface area contributed by atoms with E-state index >= 15 is 0 Å². The molecule has 0 spiro atoms. The summed E-state index contributed by atoms with van der Waals surface area (Å²) in [6.07, 6.45) is 0.832. The van der Waals surface area contributed by atoms with E-state index in [9.17, 15) is 4.79 Å². The van der Waals surface area contributed by atoms with Crippen molar-refractivity contribution >= 4 is 22.9 Å². The van der Waals surface area contributed by atoms with Crippen molar-refractivity contribution < 1.29 is 19.0 Å². The topological polar surface area (TPSA) is 85.5 Å². The number of ether oxygens (including phenoxy) is 3. The molecule has 0 atom stereocenters. The molecule has 0 aliphatic heterocycles. The van der Waals surface area contributed by atoms with Crippen LogP contribution in [0.1, 0.15) is 12.0 Å². The Balaban J connectivity index is 1.67. The summed E-state index contributed by atoms with van der Waals surface area (Å²) in [5, 5.41) is 2.79. The Morgan fingerprint density at radius 2 is 1.77 bits per heavy atom. The van der Waals surface area contributed by atoms with Crippen LogP contribution in [0, 0.1) is 0 Å². The minimum absolute atomic E-state index is 0.127. The Morgan fingerprint density at radius 1 is 1.08 bits per heavy atom. The number of aromatic amines is 1. The van der Waals surface area contributed by atoms with E-state index in [2.05, 4.69) is 15.3 Å². The number of aromatic nitrogens is 2. The number of aryl methyl sites for hydroxylation is 1. The second kappa shape index (κ2) is 7.77. The van der Waals surface area contributed by atoms with Gasteiger partial charge in [-0.2, -0.15) is 0 Å². The maximum atomic E-state index is 12.2. The third-order valence-corrected chi connectivity index (χ3v) is 4.01. The number of carbonyl (C=O) groups is 1. The first-order chi connectivity index (χ1) is 12.6. The predicted octanol–water partition coefficient (Wildman–Crippen LogP) is 3.16. The number of benzene rings is 2. The lowest BCUT2D eigenvalue weighted by Crippen LogP contribution is -2.13. The van der Waals surface area contributed by atoms with Crippen LogP contribution in [0.15, 0.2) is 36.4 Å². The van der Waals surface area contributed by atoms with Gasteiger partial charge < -0.3 is 19.2 Å². The van der Waals surface area contributed by atoms with Crippen LogP contribution >= 0.6 is 0 Å². The summed E-state index contributed by atoms with van der Waals surface area (Å²) >= 11 is 0. The van der Waals surface area contributed by atoms with Crippen molar-refractivity contribution in [2.24, 2.45) is 0 Å². The number of nitrogens with zero attached hydrogens (tertiary/aromatic N) is 1. The maximum Gasteiger partial charge on any atom is 0.227 e. The average molecular weight is 355 g/mol. The first-order valence-electron chi connectivity index (χ1n) is 8.18. The Kier molecular flexibility index (Phi) is 5.26. The van der Waals surface area contributed by atoms with Crippen molar-refractivity contribution in [2.75, 3.05) is 26.6 Å². The Hall–Kier alpha value is -3.22. The molecule has 2 aromatic carbocycles. The smallest absolute Gasteiger partial charge is 0.227 e. The Bertz CT molecular complexity index is 862. The summed E-state index contributed by atoms with van der Waals surface area (Å²) in [5.74, 6) is 1.99. The molecule has 3 aromatic rings. The van der Waals surface area contributed by atoms with Crippen LogP contribution in [0.25, 0.3) is 11.0 Å². The monoisotopic (exact) mass is 355 g/mol. The number of H-pyrrole nitrogens is 1. The lowest BCUT2D eigenvalue weighted by Gasteiger charge is -2.14. The fraction of sp³-hybridized carbons (Fsp3) is 0.263. The van der Waals surface area contributed by atoms with Crippen molar-refractivity contribution in [2.45, 2.75) is 12.8 Å². The van der Waals surface area contributed by atoms with Gasteiger partial charge in [0.1, 0.15) is 0 Å². The number of fused-ring (bicyclic) bond motifs is 1. The molecule has 1 amide bonds. The number of rotatable bonds is 7. The molecule has 0 aliphatic rings. The van der Waals surface area contributed by atoms with Gasteiger partial charge in [0.2, 0.25) is 17.6 Å². The van der Waals surface area contributed by atoms with Crippen molar-refractivity contribution in [3.8, 4) is 17.2 Å². The molecular weight excluding hydrogens is 334 g/mol. The summed E-state index contributed by atoms with van der Waals surface area (Å²) in [4.78, 5) is 19.7. The molecule has 2 N–H and O–H groups in total. The molecule has 7 nitrogen and oxygen atoms in total. The lowest BCUT2D eigenvalue weighted by atomic mass is 10.1. The van der Waals surface area contributed by atoms with Crippen molar-refractivity contribution in [3.05, 3.63) is 42.0 Å². The number of amides is 1. The molecule has 3 rings (SSSR count). The quantitative estimate of drug-likeness (QED) is 0.680. The molecule has 0 fully saturated rings. The number of carbonyl (C=O) groups excluding carboxylic acids is 1. The molecule has 1 aromatic heterocycles. The van der Waals surface area contributed by atoms with Crippen LogP contribution in [0.3, 0.4) is 0 Å². The number of hydrogen-bond acceptors (Lipinski definition) is 5. The van der Waals surface area contributed by atoms with Gasteiger partial charge in [0.25, 0.3) is 0 Å². The number of anilines is 1. The number of nitrogens with one attached hydrogen (secondary N) is 2. The summed E-state index contributed by atoms with van der Waals surface area (Å²) in [6.45, 7) is 0. The average Bonchev–Trinajstić information content (AvgIpc) is 3.07. The third-order valence-electron chi connectivity index (χ3n) is 4.01. The highest BCUT2D eigenvalue weighted by atomic mass is 16.5. The molecule has 26 heavy (non-hydrogen) atoms. The van der Waals surface area contributed by atoms with E-state index in [4.69, 9.17) is 14.2 Å². The normalized spacial score (nSPS) is 10.6. The first kappa shape index (κ1) is 17.6. The number of imidazole rings is 1. The number of para-hydroxylation sites is 2. The molecule has 7 heteroatoms. The lowest BCUT2D eigenvalue weighted by molar-refractivity contribution is -0.116. The highest BCUT2D eigenvalue weighted by molar-refractivity contribution is 5.91. The van der Waals surface area contributed by atoms with Crippen LogP contribution in [-0.2, 0) is 11.2 Å². The van der Waals surface area contributed by atoms with E-state index in [0.29, 0.717) is 36.0 Å². The summed E-state index contributed by atoms with van der Waals surface area (Å²) in [5.41, 5.74) is 2.61. The minimum Gasteiger partial charge on any atom is -0.493 e. The zero-order chi connectivity index (χ0) is 18.5. The molecule has 0 saturated heterocycles. The zero-order valence-electron chi connectivity index (χ0n) is 15.0. The van der Waals surface area contributed by atoms with Gasteiger partial charge in [0.05, 0.1) is 32.4 Å². The molecule has 0 radical (unpaired) electrons. The predicted molar refractivity (Wildman–Crippen MR) is 99.1 cm³/mol. The van der Waals surface area contributed by atoms with Crippen LogP contribution in [0.4, 0.5) is 5.95 Å². The summed E-state index contributed by atoms with van der Waals surface area (Å²) in [7, 11) is 4.69. The van der Waals surface area contributed by atoms with E-state index in [0.717, 1.165) is 16.6 Å². The van der Waals surface area contributed by atoms with Crippen molar-refractivity contribution in [1.82, 2.24) is 9.97 Å². The zero-order valence-corrected chi connectivity index (χ0v) is 15.0. The minimum atomic E-state index is -0.127. The number of hydrogen-bond donors (Lipinski definition) is 2. The first-order valence-corrected chi connectivity index (χ1v) is 8.18. The van der Waals surface area contributed by atoms with E-state index in [1.807, 2.05) is 36.4 Å². The van der Waals surface area contributed by atoms with Gasteiger partial charge in [0, 0.05) is 6.42 Å². The molecular formula is C19H21N3O4. The Labute approximate surface area is 151 Å². The van der Waals surface area contributed by atoms with Crippen LogP contribution in [0.2, 0.25) is 0 Å². The van der Waals surface area contributed by atoms with Crippen LogP contribution in [0.5, 0.6) is 17.2 Å². The fourth-order valence-corrected chi connectivity index (χ4v) is 2.74. The molecule has 0 bridgehead atoms. The summed E-state index contributed by atoms with van der Waals surface area (Å²) < 4.78 is 16.0. The SMILES string of the molecule is COc1cc(CCC(=O)Nc2nc3ccccc3[nH]2)cc(OC)c1OC. The van der Waals surface area contributed by atoms with Crippen molar-refractivity contribution in [1.29, 1.82) is 0 Å². The highest BCUT2D eigenvalue weighted by Gasteiger charge is 2.14. The van der Waals surface area contributed by atoms with Crippen LogP contribution < -0.4 is 19.5 Å². The van der Waals surface area contributed by atoms with Gasteiger partial charge in [-0.25, -0.2) is 4.98 Å². The Morgan fingerprint density at radius 3 is 2.38 bits per heavy atom. The largest absolute Gasteiger partial charge is 0.493 e. The van der Waals surface area contributed by atoms with E-state index in [-0.39, 0.29) is 5.91 Å². The van der Waals surface area contributed by atoms with E-state index in [1.165, 1.54) is 0 Å². The van der Waals surface area contributed by atoms with Crippen molar-refractivity contribution in [3.63, 3.8) is 0 Å². The standard InChI is InChI=1S/C19H21N3O4/c1-24-15-10-12(11-16(25-2)18(15)26-3)8-9-17(23)22-19-20-13-6-4-5-7-14(13)21-19/h4-7,10-11H,8-9H2,1-3H3,(H2,20,21,22,23). The second-order valence-electron chi connectivity index (χ2n) is 5.68. The van der Waals surface area contributed by atoms with Gasteiger partial charge in [-0.1, -0.05) is 12.1 Å². The fourth-order valence-electron chi connectivity index (χ4n) is 2.74. The molecule has 1 heterocycles. The molecule has 136 valence electrons. The van der Waals surface area contributed by atoms with Gasteiger partial charge in [-0.15, -0.1) is 0 Å². The van der Waals surface area contributed by atoms with Gasteiger partial charge in [-0.05, 0) is 36.2 Å². The number of methoxy groups -OCH3 is 3. The third kappa shape index (κ3) is 3.72. The maximum absolute atomic E-state index is 12.2. The summed E-state index contributed by atoms with van der Waals surface area (Å²) in [6, 6.07) is 11.3. The van der Waals surface area contributed by atoms with E-state index < -0.39 is 0 Å². The molecule has 0 saturated carbocycles. The van der Waals surface area contributed by atoms with E-state index in [1.54, 1.807) is 21.3 Å². The van der Waals surface area contributed by atoms with Crippen LogP contribution in [-0.4, -0.2) is 37.2 Å². The second-order valence-corrected chi connectivity index (χ2v) is 5.68. The van der Waals surface area contributed by atoms with Gasteiger partial charge >= 0.3 is 0 Å². The van der Waals surface area contributed by atoms with Gasteiger partial charge in [0.15, 0.2) is 11.5 Å².